The van der Waals surface area contributed by atoms with Gasteiger partial charge in [-0.2, -0.15) is 0 Å². The second-order valence-electron chi connectivity index (χ2n) is 9.09. The maximum absolute atomic E-state index is 11.3. The number of aromatic hydroxyl groups is 2. The fraction of sp³-hybridized carbons (Fsp3) is 0.118. The van der Waals surface area contributed by atoms with Gasteiger partial charge in [0.1, 0.15) is 34.3 Å². The number of nitrogens with zero attached hydrogens (tertiary/aromatic N) is 3. The first-order chi connectivity index (χ1) is 21.7. The zero-order valence-corrected chi connectivity index (χ0v) is 24.3. The molecule has 0 aliphatic carbocycles. The van der Waals surface area contributed by atoms with Crippen molar-refractivity contribution in [1.29, 1.82) is 0 Å². The number of phenols is 2. The highest BCUT2D eigenvalue weighted by Gasteiger charge is 2.10. The summed E-state index contributed by atoms with van der Waals surface area (Å²) in [4.78, 5) is 45.2. The lowest BCUT2D eigenvalue weighted by Crippen LogP contribution is -2.03. The minimum atomic E-state index is -1.07. The fourth-order valence-electron chi connectivity index (χ4n) is 4.14. The van der Waals surface area contributed by atoms with E-state index >= 15 is 0 Å². The van der Waals surface area contributed by atoms with E-state index in [4.69, 9.17) is 9.84 Å². The quantitative estimate of drug-likeness (QED) is 0.194. The molecule has 0 saturated heterocycles. The van der Waals surface area contributed by atoms with Gasteiger partial charge in [0.25, 0.3) is 0 Å². The van der Waals surface area contributed by atoms with Crippen molar-refractivity contribution in [3.63, 3.8) is 0 Å². The summed E-state index contributed by atoms with van der Waals surface area (Å²) in [6, 6.07) is 24.8. The third kappa shape index (κ3) is 7.80. The molecule has 12 heteroatoms. The molecule has 3 heterocycles. The van der Waals surface area contributed by atoms with Crippen LogP contribution in [0.25, 0.3) is 32.7 Å². The van der Waals surface area contributed by atoms with Crippen LogP contribution in [0, 0.1) is 0 Å². The highest BCUT2D eigenvalue weighted by Crippen LogP contribution is 2.25. The summed E-state index contributed by atoms with van der Waals surface area (Å²) in [5.74, 6) is -1.01. The highest BCUT2D eigenvalue weighted by atomic mass is 16.5. The van der Waals surface area contributed by atoms with Crippen LogP contribution in [0.3, 0.4) is 0 Å². The molecule has 0 atom stereocenters. The van der Waals surface area contributed by atoms with E-state index in [1.165, 1.54) is 32.4 Å². The van der Waals surface area contributed by atoms with Crippen LogP contribution in [0.15, 0.2) is 91.0 Å². The van der Waals surface area contributed by atoms with Crippen molar-refractivity contribution in [1.82, 2.24) is 15.0 Å². The third-order valence-electron chi connectivity index (χ3n) is 6.34. The van der Waals surface area contributed by atoms with Gasteiger partial charge in [-0.3, -0.25) is 0 Å². The zero-order valence-electron chi connectivity index (χ0n) is 24.3. The smallest absolute Gasteiger partial charge is 0.356 e. The van der Waals surface area contributed by atoms with Gasteiger partial charge in [-0.25, -0.2) is 29.3 Å². The second kappa shape index (κ2) is 15.4. The largest absolute Gasteiger partial charge is 0.507 e. The number of aromatic carboxylic acids is 1. The van der Waals surface area contributed by atoms with E-state index in [9.17, 15) is 24.6 Å². The number of methoxy groups -OCH3 is 3. The molecule has 3 aromatic carbocycles. The number of ether oxygens (including phenoxy) is 3. The predicted molar refractivity (Wildman–Crippen MR) is 171 cm³/mol. The van der Waals surface area contributed by atoms with Gasteiger partial charge in [0.2, 0.25) is 0 Å². The highest BCUT2D eigenvalue weighted by molar-refractivity contribution is 5.94. The van der Waals surface area contributed by atoms with Gasteiger partial charge in [-0.15, -0.1) is 0 Å². The normalized spacial score (nSPS) is 9.98. The lowest BCUT2D eigenvalue weighted by molar-refractivity contribution is 0.0586. The zero-order chi connectivity index (χ0) is 32.5. The Morgan fingerprint density at radius 2 is 0.935 bits per heavy atom. The number of carboxylic acids is 1. The minimum Gasteiger partial charge on any atom is -0.507 e. The van der Waals surface area contributed by atoms with E-state index in [0.29, 0.717) is 33.0 Å². The van der Waals surface area contributed by atoms with Crippen LogP contribution in [0.4, 0.5) is 0 Å². The van der Waals surface area contributed by atoms with Crippen molar-refractivity contribution in [2.75, 3.05) is 21.3 Å². The topological polar surface area (TPSA) is 178 Å². The maximum atomic E-state index is 11.3. The average Bonchev–Trinajstić information content (AvgIpc) is 3.07. The molecule has 6 aromatic rings. The van der Waals surface area contributed by atoms with Gasteiger partial charge < -0.3 is 29.5 Å². The Morgan fingerprint density at radius 1 is 0.543 bits per heavy atom. The van der Waals surface area contributed by atoms with Crippen molar-refractivity contribution >= 4 is 50.6 Å². The van der Waals surface area contributed by atoms with Crippen LogP contribution in [0.2, 0.25) is 0 Å². The van der Waals surface area contributed by atoms with Crippen molar-refractivity contribution in [2.45, 2.75) is 7.43 Å². The van der Waals surface area contributed by atoms with E-state index in [1.54, 1.807) is 61.7 Å². The van der Waals surface area contributed by atoms with Crippen LogP contribution < -0.4 is 4.74 Å². The maximum Gasteiger partial charge on any atom is 0.356 e. The minimum absolute atomic E-state index is 0. The van der Waals surface area contributed by atoms with Gasteiger partial charge in [-0.1, -0.05) is 25.6 Å². The van der Waals surface area contributed by atoms with Gasteiger partial charge in [0.05, 0.1) is 37.9 Å². The number of carbonyl (C=O) groups is 3. The first-order valence-corrected chi connectivity index (χ1v) is 13.2. The van der Waals surface area contributed by atoms with E-state index < -0.39 is 17.9 Å². The number of carboxylic acid groups (broad SMARTS) is 1. The van der Waals surface area contributed by atoms with Crippen molar-refractivity contribution in [2.24, 2.45) is 0 Å². The van der Waals surface area contributed by atoms with Gasteiger partial charge in [0, 0.05) is 16.2 Å². The van der Waals surface area contributed by atoms with Crippen LogP contribution >= 0.6 is 0 Å². The Labute approximate surface area is 263 Å². The summed E-state index contributed by atoms with van der Waals surface area (Å²) in [5, 5.41) is 29.6. The van der Waals surface area contributed by atoms with Crippen LogP contribution in [-0.2, 0) is 9.47 Å². The number of aromatic nitrogens is 3. The van der Waals surface area contributed by atoms with Gasteiger partial charge in [0.15, 0.2) is 0 Å². The SMILES string of the molecule is C.COC(=O)c1ccc2c(O)cccc2n1.COC(=O)c1ccc2c(OC)cccc2n1.O=C(O)c1ccc2c(O)cccc2n1. The van der Waals surface area contributed by atoms with E-state index in [0.717, 1.165) is 11.1 Å². The van der Waals surface area contributed by atoms with Crippen molar-refractivity contribution in [3.8, 4) is 17.2 Å². The molecule has 0 radical (unpaired) electrons. The predicted octanol–water partition coefficient (Wildman–Crippen LogP) is 6.03. The lowest BCUT2D eigenvalue weighted by atomic mass is 10.2. The van der Waals surface area contributed by atoms with Crippen molar-refractivity contribution in [3.05, 3.63) is 108 Å². The van der Waals surface area contributed by atoms with E-state index in [2.05, 4.69) is 24.4 Å². The standard InChI is InChI=1S/C12H11NO3.C11H9NO3.C10H7NO3.CH4/c1-15-11-5-3-4-9-8(11)6-7-10(13-9)12(14)16-2;1-15-11(14)9-6-5-7-8(12-9)3-2-4-10(7)13;12-9-3-1-2-7-6(9)4-5-8(11-7)10(13)14;/h3-7H,1-2H3;2-6,13H,1H3;1-5,12H,(H,13,14);1H4. The first-order valence-electron chi connectivity index (χ1n) is 13.2. The molecule has 0 amide bonds. The Hall–Kier alpha value is -6.30. The fourth-order valence-corrected chi connectivity index (χ4v) is 4.14. The molecule has 0 bridgehead atoms. The summed E-state index contributed by atoms with van der Waals surface area (Å²) < 4.78 is 14.4. The number of fused-ring (bicyclic) bond motifs is 3. The summed E-state index contributed by atoms with van der Waals surface area (Å²) in [7, 11) is 4.24. The van der Waals surface area contributed by atoms with Crippen LogP contribution in [0.5, 0.6) is 17.2 Å². The van der Waals surface area contributed by atoms with E-state index in [-0.39, 0.29) is 30.3 Å². The average molecular weight is 626 g/mol. The number of pyridine rings is 3. The van der Waals surface area contributed by atoms with Crippen molar-refractivity contribution < 1.29 is 43.9 Å². The van der Waals surface area contributed by atoms with E-state index in [1.807, 2.05) is 18.2 Å². The van der Waals surface area contributed by atoms with Gasteiger partial charge in [-0.05, 0) is 72.8 Å². The molecule has 0 aliphatic rings. The molecular weight excluding hydrogens is 594 g/mol. The second-order valence-corrected chi connectivity index (χ2v) is 9.09. The molecular formula is C34H31N3O9. The molecule has 0 fully saturated rings. The first kappa shape index (κ1) is 34.2. The number of hydrogen-bond donors (Lipinski definition) is 3. The summed E-state index contributed by atoms with van der Waals surface area (Å²) in [6.45, 7) is 0. The molecule has 0 aliphatic heterocycles. The number of rotatable bonds is 4. The number of phenolic OH excluding ortho intramolecular Hbond substituents is 2. The molecule has 0 saturated carbocycles. The Balaban J connectivity index is 0.000000186. The molecule has 236 valence electrons. The number of hydrogen-bond acceptors (Lipinski definition) is 11. The molecule has 3 N–H and O–H groups in total. The summed E-state index contributed by atoms with van der Waals surface area (Å²) in [5.41, 5.74) is 2.26. The lowest BCUT2D eigenvalue weighted by Gasteiger charge is -2.05. The number of esters is 2. The molecule has 0 spiro atoms. The molecule has 0 unspecified atom stereocenters. The van der Waals surface area contributed by atoms with Crippen LogP contribution in [-0.4, -0.2) is 69.5 Å². The monoisotopic (exact) mass is 625 g/mol. The molecule has 12 nitrogen and oxygen atoms in total. The number of benzene rings is 3. The molecule has 6 rings (SSSR count). The summed E-state index contributed by atoms with van der Waals surface area (Å²) in [6.07, 6.45) is 0. The Kier molecular flexibility index (Phi) is 11.5. The molecule has 46 heavy (non-hydrogen) atoms. The summed E-state index contributed by atoms with van der Waals surface area (Å²) >= 11 is 0. The molecule has 3 aromatic heterocycles. The Morgan fingerprint density at radius 3 is 1.37 bits per heavy atom. The Bertz CT molecular complexity index is 2030. The van der Waals surface area contributed by atoms with Gasteiger partial charge >= 0.3 is 17.9 Å². The third-order valence-corrected chi connectivity index (χ3v) is 6.34. The number of carbonyl (C=O) groups excluding carboxylic acids is 2. The van der Waals surface area contributed by atoms with Crippen LogP contribution in [0.1, 0.15) is 38.9 Å².